The number of para-hydroxylation sites is 1. The molecule has 0 spiro atoms. The third-order valence-corrected chi connectivity index (χ3v) is 5.34. The highest BCUT2D eigenvalue weighted by atomic mass is 35.5. The number of hydrogen-bond acceptors (Lipinski definition) is 4. The van der Waals surface area contributed by atoms with Gasteiger partial charge in [-0.05, 0) is 30.2 Å². The van der Waals surface area contributed by atoms with Crippen LogP contribution in [0.4, 0.5) is 10.5 Å². The fourth-order valence-electron chi connectivity index (χ4n) is 3.86. The van der Waals surface area contributed by atoms with Crippen LogP contribution >= 0.6 is 11.6 Å². The predicted octanol–water partition coefficient (Wildman–Crippen LogP) is 4.28. The molecule has 2 aromatic carbocycles. The Balaban J connectivity index is 1.93. The molecule has 1 saturated heterocycles. The van der Waals surface area contributed by atoms with Gasteiger partial charge in [-0.1, -0.05) is 36.7 Å². The first-order valence-corrected chi connectivity index (χ1v) is 9.10. The maximum atomic E-state index is 13.1. The molecule has 3 atom stereocenters. The van der Waals surface area contributed by atoms with E-state index in [1.54, 1.807) is 23.1 Å². The molecule has 2 amide bonds. The maximum Gasteiger partial charge on any atom is 0.407 e. The van der Waals surface area contributed by atoms with Crippen LogP contribution in [-0.4, -0.2) is 25.2 Å². The zero-order chi connectivity index (χ0) is 19.1. The highest BCUT2D eigenvalue weighted by Gasteiger charge is 2.46. The monoisotopic (exact) mass is 386 g/mol. The van der Waals surface area contributed by atoms with Gasteiger partial charge in [-0.15, -0.1) is 0 Å². The van der Waals surface area contributed by atoms with Crippen LogP contribution < -0.4 is 15.0 Å². The van der Waals surface area contributed by atoms with Gasteiger partial charge < -0.3 is 14.8 Å². The molecule has 2 unspecified atom stereocenters. The van der Waals surface area contributed by atoms with E-state index in [0.29, 0.717) is 28.6 Å². The molecule has 1 N–H and O–H groups in total. The van der Waals surface area contributed by atoms with E-state index in [2.05, 4.69) is 5.32 Å². The largest absolute Gasteiger partial charge is 0.455 e. The van der Waals surface area contributed by atoms with Crippen molar-refractivity contribution in [3.05, 3.63) is 53.1 Å². The molecule has 2 aliphatic rings. The average Bonchev–Trinajstić information content (AvgIpc) is 2.79. The lowest BCUT2D eigenvalue weighted by Crippen LogP contribution is -2.56. The minimum Gasteiger partial charge on any atom is -0.455 e. The molecule has 140 valence electrons. The predicted molar refractivity (Wildman–Crippen MR) is 101 cm³/mol. The van der Waals surface area contributed by atoms with E-state index in [9.17, 15) is 9.59 Å². The van der Waals surface area contributed by atoms with Crippen LogP contribution in [0.5, 0.6) is 11.5 Å². The van der Waals surface area contributed by atoms with E-state index in [1.165, 1.54) is 7.11 Å². The number of halogens is 1. The summed E-state index contributed by atoms with van der Waals surface area (Å²) in [4.78, 5) is 26.7. The van der Waals surface area contributed by atoms with Crippen LogP contribution in [-0.2, 0) is 9.53 Å². The van der Waals surface area contributed by atoms with Crippen LogP contribution in [0.1, 0.15) is 24.9 Å². The van der Waals surface area contributed by atoms with Crippen molar-refractivity contribution in [2.24, 2.45) is 5.92 Å². The van der Waals surface area contributed by atoms with Gasteiger partial charge in [-0.3, -0.25) is 9.69 Å². The minimum atomic E-state index is -0.532. The molecule has 6 nitrogen and oxygen atoms in total. The fourth-order valence-corrected chi connectivity index (χ4v) is 4.03. The van der Waals surface area contributed by atoms with Crippen LogP contribution in [0.2, 0.25) is 5.02 Å². The number of benzene rings is 2. The third kappa shape index (κ3) is 3.00. The molecule has 0 aliphatic carbocycles. The van der Waals surface area contributed by atoms with Gasteiger partial charge in [0.1, 0.15) is 5.75 Å². The number of anilines is 1. The topological polar surface area (TPSA) is 67.9 Å². The molecule has 0 bridgehead atoms. The normalized spacial score (nSPS) is 23.3. The molecule has 2 aromatic rings. The van der Waals surface area contributed by atoms with E-state index < -0.39 is 12.1 Å². The number of piperidine rings is 1. The van der Waals surface area contributed by atoms with Gasteiger partial charge in [0.05, 0.1) is 24.9 Å². The second-order valence-corrected chi connectivity index (χ2v) is 7.24. The molecular formula is C20H19ClN2O4. The number of alkyl carbamates (subject to hydrolysis) is 1. The first kappa shape index (κ1) is 17.7. The van der Waals surface area contributed by atoms with Crippen LogP contribution in [0.25, 0.3) is 0 Å². The van der Waals surface area contributed by atoms with Gasteiger partial charge in [0.15, 0.2) is 5.75 Å². The number of nitrogens with zero attached hydrogens (tertiary/aromatic N) is 1. The maximum absolute atomic E-state index is 13.1. The number of nitrogens with one attached hydrogen (secondary N) is 1. The van der Waals surface area contributed by atoms with E-state index >= 15 is 0 Å². The molecule has 0 saturated carbocycles. The molecule has 27 heavy (non-hydrogen) atoms. The van der Waals surface area contributed by atoms with Crippen molar-refractivity contribution in [2.75, 3.05) is 12.0 Å². The summed E-state index contributed by atoms with van der Waals surface area (Å²) in [6, 6.07) is 12.0. The summed E-state index contributed by atoms with van der Waals surface area (Å²) in [7, 11) is 1.32. The summed E-state index contributed by atoms with van der Waals surface area (Å²) >= 11 is 6.21. The molecular weight excluding hydrogens is 368 g/mol. The van der Waals surface area contributed by atoms with E-state index in [1.807, 2.05) is 31.2 Å². The lowest BCUT2D eigenvalue weighted by molar-refractivity contribution is -0.122. The highest BCUT2D eigenvalue weighted by molar-refractivity contribution is 6.31. The van der Waals surface area contributed by atoms with Crippen molar-refractivity contribution >= 4 is 29.3 Å². The van der Waals surface area contributed by atoms with Crippen molar-refractivity contribution in [3.8, 4) is 11.5 Å². The molecule has 7 heteroatoms. The number of carbonyl (C=O) groups excluding carboxylic acids is 2. The van der Waals surface area contributed by atoms with Gasteiger partial charge in [0.25, 0.3) is 0 Å². The summed E-state index contributed by atoms with van der Waals surface area (Å²) in [5.74, 6) is 1.08. The Kier molecular flexibility index (Phi) is 4.44. The smallest absolute Gasteiger partial charge is 0.407 e. The summed E-state index contributed by atoms with van der Waals surface area (Å²) in [5.41, 5.74) is 1.42. The average molecular weight is 387 g/mol. The first-order chi connectivity index (χ1) is 13.0. The van der Waals surface area contributed by atoms with Crippen molar-refractivity contribution < 1.29 is 19.1 Å². The molecule has 0 aromatic heterocycles. The number of amides is 2. The Bertz CT molecular complexity index is 917. The quantitative estimate of drug-likeness (QED) is 0.794. The van der Waals surface area contributed by atoms with Crippen molar-refractivity contribution in [2.45, 2.75) is 25.4 Å². The number of rotatable bonds is 1. The number of carbonyl (C=O) groups is 2. The van der Waals surface area contributed by atoms with Crippen LogP contribution in [0, 0.1) is 5.92 Å². The van der Waals surface area contributed by atoms with Crippen LogP contribution in [0.3, 0.4) is 0 Å². The van der Waals surface area contributed by atoms with Crippen LogP contribution in [0.15, 0.2) is 42.5 Å². The van der Waals surface area contributed by atoms with E-state index in [0.717, 1.165) is 5.56 Å². The summed E-state index contributed by atoms with van der Waals surface area (Å²) in [6.45, 7) is 1.95. The minimum absolute atomic E-state index is 0.0424. The third-order valence-electron chi connectivity index (χ3n) is 5.10. The molecule has 1 fully saturated rings. The van der Waals surface area contributed by atoms with Crippen molar-refractivity contribution in [3.63, 3.8) is 0 Å². The number of fused-ring (bicyclic) bond motifs is 5. The summed E-state index contributed by atoms with van der Waals surface area (Å²) < 4.78 is 10.9. The Morgan fingerprint density at radius 3 is 2.81 bits per heavy atom. The van der Waals surface area contributed by atoms with Gasteiger partial charge >= 0.3 is 6.09 Å². The highest BCUT2D eigenvalue weighted by Crippen LogP contribution is 2.49. The summed E-state index contributed by atoms with van der Waals surface area (Å²) in [6.07, 6.45) is -0.241. The van der Waals surface area contributed by atoms with E-state index in [4.69, 9.17) is 21.1 Å². The van der Waals surface area contributed by atoms with Gasteiger partial charge in [0, 0.05) is 17.0 Å². The zero-order valence-electron chi connectivity index (χ0n) is 14.9. The lowest BCUT2D eigenvalue weighted by atomic mass is 9.82. The van der Waals surface area contributed by atoms with Gasteiger partial charge in [-0.2, -0.15) is 0 Å². The molecule has 0 radical (unpaired) electrons. The standard InChI is InChI=1S/C20H19ClN2O4/c1-11-9-17(24)23-14-10-12(21)7-8-16(14)27-15-6-4-3-5-13(15)19(23)18(11)22-20(25)26-2/h3-8,10-11,18-19H,9H2,1-2H3,(H,22,25)/t11?,18?,19-/m1/s1. The Morgan fingerprint density at radius 2 is 2.04 bits per heavy atom. The van der Waals surface area contributed by atoms with Gasteiger partial charge in [0.2, 0.25) is 5.91 Å². The van der Waals surface area contributed by atoms with Gasteiger partial charge in [-0.25, -0.2) is 4.79 Å². The number of methoxy groups -OCH3 is 1. The lowest BCUT2D eigenvalue weighted by Gasteiger charge is -2.43. The molecule has 4 rings (SSSR count). The summed E-state index contributed by atoms with van der Waals surface area (Å²) in [5, 5.41) is 3.41. The fraction of sp³-hybridized carbons (Fsp3) is 0.300. The number of hydrogen-bond donors (Lipinski definition) is 1. The Morgan fingerprint density at radius 1 is 1.26 bits per heavy atom. The first-order valence-electron chi connectivity index (χ1n) is 8.72. The second-order valence-electron chi connectivity index (χ2n) is 6.80. The Hall–Kier alpha value is -2.73. The molecule has 2 aliphatic heterocycles. The number of ether oxygens (including phenoxy) is 2. The zero-order valence-corrected chi connectivity index (χ0v) is 15.7. The van der Waals surface area contributed by atoms with Crippen molar-refractivity contribution in [1.82, 2.24) is 5.32 Å². The SMILES string of the molecule is COC(=O)NC1C(C)CC(=O)N2c3cc(Cl)ccc3Oc3ccccc3[C@H]12. The van der Waals surface area contributed by atoms with Crippen molar-refractivity contribution in [1.29, 1.82) is 0 Å². The molecule has 2 heterocycles. The van der Waals surface area contributed by atoms with E-state index in [-0.39, 0.29) is 17.9 Å². The second kappa shape index (κ2) is 6.78. The Labute approximate surface area is 162 Å².